The molecule has 1 fully saturated rings. The minimum Gasteiger partial charge on any atom is -0.497 e. The van der Waals surface area contributed by atoms with E-state index in [9.17, 15) is 4.79 Å². The Labute approximate surface area is 197 Å². The maximum atomic E-state index is 13.0. The van der Waals surface area contributed by atoms with Crippen LogP contribution in [0.1, 0.15) is 11.6 Å². The van der Waals surface area contributed by atoms with E-state index in [4.69, 9.17) is 21.1 Å². The van der Waals surface area contributed by atoms with Gasteiger partial charge in [-0.05, 0) is 42.0 Å². The van der Waals surface area contributed by atoms with Crippen LogP contribution in [0.4, 0.5) is 10.5 Å². The molecular weight excluding hydrogens is 438 g/mol. The molecule has 1 aliphatic rings. The van der Waals surface area contributed by atoms with Crippen molar-refractivity contribution in [1.82, 2.24) is 9.55 Å². The monoisotopic (exact) mass is 459 g/mol. The van der Waals surface area contributed by atoms with Crippen LogP contribution in [0.15, 0.2) is 91.4 Å². The van der Waals surface area contributed by atoms with Crippen molar-refractivity contribution in [3.63, 3.8) is 0 Å². The normalized spacial score (nSPS) is 17.8. The molecule has 3 aromatic carbocycles. The van der Waals surface area contributed by atoms with E-state index in [-0.39, 0.29) is 6.04 Å². The Balaban J connectivity index is 1.49. The third-order valence-electron chi connectivity index (χ3n) is 5.71. The number of imidazole rings is 1. The number of rotatable bonds is 6. The summed E-state index contributed by atoms with van der Waals surface area (Å²) in [5.74, 6) is 0.718. The number of nitrogens with zero attached hydrogens (tertiary/aromatic N) is 3. The van der Waals surface area contributed by atoms with Gasteiger partial charge in [0, 0.05) is 22.5 Å². The molecule has 0 unspecified atom stereocenters. The fraction of sp³-hybridized carbons (Fsp3) is 0.154. The predicted molar refractivity (Wildman–Crippen MR) is 128 cm³/mol. The number of cyclic esters (lactones) is 1. The fourth-order valence-corrected chi connectivity index (χ4v) is 4.28. The fourth-order valence-electron chi connectivity index (χ4n) is 4.15. The number of ether oxygens (including phenoxy) is 2. The zero-order valence-electron chi connectivity index (χ0n) is 18.0. The molecular formula is C26H22ClN3O3. The smallest absolute Gasteiger partial charge is 0.415 e. The van der Waals surface area contributed by atoms with Crippen LogP contribution in [-0.4, -0.2) is 28.9 Å². The Morgan fingerprint density at radius 3 is 2.58 bits per heavy atom. The highest BCUT2D eigenvalue weighted by Crippen LogP contribution is 2.39. The Morgan fingerprint density at radius 1 is 1.03 bits per heavy atom. The maximum absolute atomic E-state index is 13.0. The Hall–Kier alpha value is -3.77. The minimum atomic E-state index is -0.432. The summed E-state index contributed by atoms with van der Waals surface area (Å²) in [6.07, 6.45) is 2.90. The molecule has 0 radical (unpaired) electrons. The Morgan fingerprint density at radius 2 is 1.82 bits per heavy atom. The van der Waals surface area contributed by atoms with Crippen LogP contribution in [0.2, 0.25) is 5.02 Å². The molecule has 5 rings (SSSR count). The summed E-state index contributed by atoms with van der Waals surface area (Å²) in [6, 6.07) is 24.5. The lowest BCUT2D eigenvalue weighted by atomic mass is 9.99. The molecule has 2 atom stereocenters. The second kappa shape index (κ2) is 9.00. The van der Waals surface area contributed by atoms with E-state index in [0.717, 1.165) is 28.3 Å². The summed E-state index contributed by atoms with van der Waals surface area (Å²) in [4.78, 5) is 19.2. The lowest BCUT2D eigenvalue weighted by Crippen LogP contribution is -2.30. The average Bonchev–Trinajstić information content (AvgIpc) is 3.44. The van der Waals surface area contributed by atoms with E-state index in [2.05, 4.69) is 4.98 Å². The number of halogens is 1. The number of aromatic nitrogens is 2. The highest BCUT2D eigenvalue weighted by atomic mass is 35.5. The first-order valence-corrected chi connectivity index (χ1v) is 11.0. The van der Waals surface area contributed by atoms with Gasteiger partial charge in [-0.25, -0.2) is 9.78 Å². The van der Waals surface area contributed by atoms with Crippen molar-refractivity contribution in [3.05, 3.63) is 102 Å². The van der Waals surface area contributed by atoms with Gasteiger partial charge in [0.2, 0.25) is 0 Å². The number of amides is 1. The first kappa shape index (κ1) is 21.1. The van der Waals surface area contributed by atoms with Gasteiger partial charge in [0.05, 0.1) is 25.7 Å². The summed E-state index contributed by atoms with van der Waals surface area (Å²) in [5.41, 5.74) is 3.54. The van der Waals surface area contributed by atoms with Gasteiger partial charge in [0.1, 0.15) is 17.9 Å². The average molecular weight is 460 g/mol. The predicted octanol–water partition coefficient (Wildman–Crippen LogP) is 5.98. The van der Waals surface area contributed by atoms with Crippen LogP contribution >= 0.6 is 11.6 Å². The first-order valence-electron chi connectivity index (χ1n) is 10.6. The third kappa shape index (κ3) is 4.30. The van der Waals surface area contributed by atoms with Crippen LogP contribution in [-0.2, 0) is 11.3 Å². The quantitative estimate of drug-likeness (QED) is 0.356. The number of carbonyl (C=O) groups is 1. The van der Waals surface area contributed by atoms with Gasteiger partial charge in [-0.1, -0.05) is 54.1 Å². The molecule has 7 heteroatoms. The van der Waals surface area contributed by atoms with Gasteiger partial charge in [-0.15, -0.1) is 0 Å². The lowest BCUT2D eigenvalue weighted by Gasteiger charge is -2.25. The minimum absolute atomic E-state index is 0.351. The van der Waals surface area contributed by atoms with Gasteiger partial charge >= 0.3 is 6.09 Å². The van der Waals surface area contributed by atoms with Crippen LogP contribution in [0.25, 0.3) is 11.3 Å². The van der Waals surface area contributed by atoms with E-state index < -0.39 is 12.2 Å². The van der Waals surface area contributed by atoms with E-state index in [1.54, 1.807) is 30.5 Å². The molecule has 1 aliphatic heterocycles. The van der Waals surface area contributed by atoms with E-state index in [1.807, 2.05) is 77.5 Å². The summed E-state index contributed by atoms with van der Waals surface area (Å²) in [5, 5.41) is 0.604. The molecule has 0 bridgehead atoms. The van der Waals surface area contributed by atoms with Crippen LogP contribution in [0.5, 0.6) is 5.75 Å². The molecule has 0 spiro atoms. The van der Waals surface area contributed by atoms with Crippen molar-refractivity contribution in [1.29, 1.82) is 0 Å². The third-order valence-corrected chi connectivity index (χ3v) is 5.96. The van der Waals surface area contributed by atoms with Gasteiger partial charge in [0.15, 0.2) is 0 Å². The van der Waals surface area contributed by atoms with Crippen LogP contribution in [0, 0.1) is 0 Å². The Bertz CT molecular complexity index is 1260. The van der Waals surface area contributed by atoms with E-state index >= 15 is 0 Å². The molecule has 1 aromatic heterocycles. The lowest BCUT2D eigenvalue weighted by molar-refractivity contribution is 0.120. The zero-order valence-corrected chi connectivity index (χ0v) is 18.7. The number of anilines is 1. The largest absolute Gasteiger partial charge is 0.497 e. The van der Waals surface area contributed by atoms with Crippen molar-refractivity contribution in [3.8, 4) is 17.0 Å². The van der Waals surface area contributed by atoms with Crippen molar-refractivity contribution in [2.75, 3.05) is 12.0 Å². The zero-order chi connectivity index (χ0) is 22.8. The molecule has 1 amide bonds. The molecule has 166 valence electrons. The molecule has 0 N–H and O–H groups in total. The molecule has 2 heterocycles. The van der Waals surface area contributed by atoms with Crippen molar-refractivity contribution < 1.29 is 14.3 Å². The first-order chi connectivity index (χ1) is 16.1. The molecule has 1 saturated heterocycles. The van der Waals surface area contributed by atoms with E-state index in [0.29, 0.717) is 11.6 Å². The SMILES string of the molecule is COc1cccc([C@H]2[C@H](Cn3cnc(-c4ccccc4)c3)OC(=O)N2c2ccc(Cl)cc2)c1. The van der Waals surface area contributed by atoms with Crippen LogP contribution < -0.4 is 9.64 Å². The Kier molecular flexibility index (Phi) is 5.75. The molecule has 33 heavy (non-hydrogen) atoms. The van der Waals surface area contributed by atoms with Gasteiger partial charge in [-0.2, -0.15) is 0 Å². The number of hydrogen-bond acceptors (Lipinski definition) is 4. The summed E-state index contributed by atoms with van der Waals surface area (Å²) < 4.78 is 13.3. The van der Waals surface area contributed by atoms with Crippen molar-refractivity contribution >= 4 is 23.4 Å². The highest BCUT2D eigenvalue weighted by Gasteiger charge is 2.44. The number of carbonyl (C=O) groups excluding carboxylic acids is 1. The van der Waals surface area contributed by atoms with Crippen molar-refractivity contribution in [2.45, 2.75) is 18.7 Å². The van der Waals surface area contributed by atoms with Crippen LogP contribution in [0.3, 0.4) is 0 Å². The van der Waals surface area contributed by atoms with Gasteiger partial charge in [0.25, 0.3) is 0 Å². The van der Waals surface area contributed by atoms with Gasteiger partial charge in [-0.3, -0.25) is 4.90 Å². The standard InChI is InChI=1S/C26H22ClN3O3/c1-32-22-9-5-8-19(14-22)25-24(33-26(31)30(25)21-12-10-20(27)11-13-21)16-29-15-23(28-17-29)18-6-3-2-4-7-18/h2-15,17,24-25H,16H2,1H3/t24-,25-/m0/s1. The summed E-state index contributed by atoms with van der Waals surface area (Å²) >= 11 is 6.08. The number of benzene rings is 3. The second-order valence-electron chi connectivity index (χ2n) is 7.81. The van der Waals surface area contributed by atoms with E-state index in [1.165, 1.54) is 0 Å². The molecule has 6 nitrogen and oxygen atoms in total. The molecule has 0 aliphatic carbocycles. The highest BCUT2D eigenvalue weighted by molar-refractivity contribution is 6.30. The summed E-state index contributed by atoms with van der Waals surface area (Å²) in [7, 11) is 1.63. The number of methoxy groups -OCH3 is 1. The van der Waals surface area contributed by atoms with Crippen molar-refractivity contribution in [2.24, 2.45) is 0 Å². The second-order valence-corrected chi connectivity index (χ2v) is 8.25. The topological polar surface area (TPSA) is 56.6 Å². The van der Waals surface area contributed by atoms with Gasteiger partial charge < -0.3 is 14.0 Å². The number of hydrogen-bond donors (Lipinski definition) is 0. The molecule has 4 aromatic rings. The maximum Gasteiger partial charge on any atom is 0.415 e. The summed E-state index contributed by atoms with van der Waals surface area (Å²) in [6.45, 7) is 0.456. The molecule has 0 saturated carbocycles.